The summed E-state index contributed by atoms with van der Waals surface area (Å²) in [7, 11) is 0. The smallest absolute Gasteiger partial charge is 0.128 e. The van der Waals surface area contributed by atoms with Crippen molar-refractivity contribution >= 4 is 11.6 Å². The van der Waals surface area contributed by atoms with Gasteiger partial charge in [0.25, 0.3) is 0 Å². The van der Waals surface area contributed by atoms with Crippen LogP contribution in [0, 0.1) is 0 Å². The van der Waals surface area contributed by atoms with Gasteiger partial charge >= 0.3 is 0 Å². The number of pyridine rings is 1. The molecule has 1 aromatic rings. The normalized spacial score (nSPS) is 12.4. The van der Waals surface area contributed by atoms with Gasteiger partial charge in [-0.15, -0.1) is 0 Å². The van der Waals surface area contributed by atoms with E-state index >= 15 is 0 Å². The summed E-state index contributed by atoms with van der Waals surface area (Å²) in [6.07, 6.45) is 1.73. The molecule has 0 aliphatic carbocycles. The molecule has 0 amide bonds. The highest BCUT2D eigenvalue weighted by Crippen LogP contribution is 2.09. The standard InChI is InChI=1S/C10H17N3O/c1-8(4-3-7-14)12-10-6-2-5-9(11)13-10/h2,5-6,8,14H,3-4,7H2,1H3,(H3,11,12,13). The molecule has 1 atom stereocenters. The van der Waals surface area contributed by atoms with Gasteiger partial charge in [-0.2, -0.15) is 0 Å². The van der Waals surface area contributed by atoms with Crippen LogP contribution in [-0.2, 0) is 0 Å². The zero-order valence-electron chi connectivity index (χ0n) is 8.40. The van der Waals surface area contributed by atoms with Crippen LogP contribution in [0.4, 0.5) is 11.6 Å². The van der Waals surface area contributed by atoms with Gasteiger partial charge in [0.2, 0.25) is 0 Å². The minimum Gasteiger partial charge on any atom is -0.396 e. The summed E-state index contributed by atoms with van der Waals surface area (Å²) in [4.78, 5) is 4.13. The first kappa shape index (κ1) is 10.8. The predicted molar refractivity (Wildman–Crippen MR) is 58.1 cm³/mol. The minimum atomic E-state index is 0.233. The van der Waals surface area contributed by atoms with Crippen LogP contribution in [0.3, 0.4) is 0 Å². The van der Waals surface area contributed by atoms with Crippen molar-refractivity contribution in [2.75, 3.05) is 17.7 Å². The summed E-state index contributed by atoms with van der Waals surface area (Å²) in [5.41, 5.74) is 5.54. The van der Waals surface area contributed by atoms with Crippen LogP contribution in [0.5, 0.6) is 0 Å². The maximum atomic E-state index is 8.66. The molecule has 0 saturated heterocycles. The maximum absolute atomic E-state index is 8.66. The number of anilines is 2. The number of nitrogens with one attached hydrogen (secondary N) is 1. The minimum absolute atomic E-state index is 0.233. The number of nitrogen functional groups attached to an aromatic ring is 1. The molecule has 0 bridgehead atoms. The molecule has 0 fully saturated rings. The number of aliphatic hydroxyl groups is 1. The molecule has 4 heteroatoms. The van der Waals surface area contributed by atoms with E-state index in [2.05, 4.69) is 17.2 Å². The summed E-state index contributed by atoms with van der Waals surface area (Å²) in [6.45, 7) is 2.29. The molecule has 1 heterocycles. The maximum Gasteiger partial charge on any atom is 0.128 e. The third kappa shape index (κ3) is 3.62. The Bertz CT molecular complexity index is 278. The van der Waals surface area contributed by atoms with Crippen LogP contribution in [0.1, 0.15) is 19.8 Å². The van der Waals surface area contributed by atoms with Crippen molar-refractivity contribution in [3.8, 4) is 0 Å². The summed E-state index contributed by atoms with van der Waals surface area (Å²) in [6, 6.07) is 5.80. The van der Waals surface area contributed by atoms with Gasteiger partial charge in [0.15, 0.2) is 0 Å². The van der Waals surface area contributed by atoms with E-state index in [-0.39, 0.29) is 6.61 Å². The summed E-state index contributed by atoms with van der Waals surface area (Å²) in [5, 5.41) is 11.9. The first-order valence-electron chi connectivity index (χ1n) is 4.82. The Morgan fingerprint density at radius 2 is 2.36 bits per heavy atom. The zero-order chi connectivity index (χ0) is 10.4. The van der Waals surface area contributed by atoms with E-state index in [1.54, 1.807) is 6.07 Å². The number of nitrogens with zero attached hydrogens (tertiary/aromatic N) is 1. The topological polar surface area (TPSA) is 71.2 Å². The summed E-state index contributed by atoms with van der Waals surface area (Å²) in [5.74, 6) is 1.31. The van der Waals surface area contributed by atoms with Crippen LogP contribution >= 0.6 is 0 Å². The van der Waals surface area contributed by atoms with Crippen molar-refractivity contribution in [1.82, 2.24) is 4.98 Å². The van der Waals surface area contributed by atoms with Crippen molar-refractivity contribution in [2.24, 2.45) is 0 Å². The fourth-order valence-corrected chi connectivity index (χ4v) is 1.25. The summed E-state index contributed by atoms with van der Waals surface area (Å²) >= 11 is 0. The third-order valence-electron chi connectivity index (χ3n) is 1.96. The number of hydrogen-bond acceptors (Lipinski definition) is 4. The van der Waals surface area contributed by atoms with E-state index in [1.165, 1.54) is 0 Å². The van der Waals surface area contributed by atoms with Gasteiger partial charge in [-0.25, -0.2) is 4.98 Å². The quantitative estimate of drug-likeness (QED) is 0.661. The average Bonchev–Trinajstić information content (AvgIpc) is 2.15. The van der Waals surface area contributed by atoms with E-state index in [9.17, 15) is 0 Å². The first-order chi connectivity index (χ1) is 6.72. The Morgan fingerprint density at radius 1 is 1.57 bits per heavy atom. The van der Waals surface area contributed by atoms with Crippen molar-refractivity contribution < 1.29 is 5.11 Å². The van der Waals surface area contributed by atoms with Gasteiger partial charge in [0, 0.05) is 12.6 Å². The van der Waals surface area contributed by atoms with Crippen molar-refractivity contribution in [1.29, 1.82) is 0 Å². The van der Waals surface area contributed by atoms with Crippen LogP contribution in [-0.4, -0.2) is 22.7 Å². The lowest BCUT2D eigenvalue weighted by Gasteiger charge is -2.13. The molecule has 0 aromatic carbocycles. The van der Waals surface area contributed by atoms with Gasteiger partial charge in [0.05, 0.1) is 0 Å². The Balaban J connectivity index is 2.43. The van der Waals surface area contributed by atoms with Crippen molar-refractivity contribution in [3.05, 3.63) is 18.2 Å². The second kappa shape index (κ2) is 5.44. The first-order valence-corrected chi connectivity index (χ1v) is 4.82. The van der Waals surface area contributed by atoms with E-state index in [4.69, 9.17) is 10.8 Å². The molecule has 1 aromatic heterocycles. The van der Waals surface area contributed by atoms with Gasteiger partial charge in [-0.05, 0) is 31.9 Å². The molecule has 4 N–H and O–H groups in total. The molecular formula is C10H17N3O. The monoisotopic (exact) mass is 195 g/mol. The largest absolute Gasteiger partial charge is 0.396 e. The van der Waals surface area contributed by atoms with Gasteiger partial charge in [0.1, 0.15) is 11.6 Å². The van der Waals surface area contributed by atoms with E-state index in [0.29, 0.717) is 11.9 Å². The van der Waals surface area contributed by atoms with Crippen LogP contribution in [0.2, 0.25) is 0 Å². The Kier molecular flexibility index (Phi) is 4.19. The lowest BCUT2D eigenvalue weighted by atomic mass is 10.2. The highest BCUT2D eigenvalue weighted by atomic mass is 16.2. The number of aliphatic hydroxyl groups excluding tert-OH is 1. The lowest BCUT2D eigenvalue weighted by Crippen LogP contribution is -2.16. The number of hydrogen-bond donors (Lipinski definition) is 3. The SMILES string of the molecule is CC(CCCO)Nc1cccc(N)n1. The molecule has 1 rings (SSSR count). The second-order valence-electron chi connectivity index (χ2n) is 3.36. The second-order valence-corrected chi connectivity index (χ2v) is 3.36. The molecule has 0 spiro atoms. The molecule has 0 aliphatic rings. The van der Waals surface area contributed by atoms with Crippen molar-refractivity contribution in [3.63, 3.8) is 0 Å². The third-order valence-corrected chi connectivity index (χ3v) is 1.96. The van der Waals surface area contributed by atoms with E-state index < -0.39 is 0 Å². The Labute approximate surface area is 84.2 Å². The predicted octanol–water partition coefficient (Wildman–Crippen LogP) is 1.24. The number of rotatable bonds is 5. The van der Waals surface area contributed by atoms with Gasteiger partial charge in [-0.1, -0.05) is 6.07 Å². The molecule has 78 valence electrons. The van der Waals surface area contributed by atoms with Gasteiger partial charge in [-0.3, -0.25) is 0 Å². The Morgan fingerprint density at radius 3 is 3.00 bits per heavy atom. The fraction of sp³-hybridized carbons (Fsp3) is 0.500. The molecule has 1 unspecified atom stereocenters. The van der Waals surface area contributed by atoms with Crippen molar-refractivity contribution in [2.45, 2.75) is 25.8 Å². The molecule has 0 radical (unpaired) electrons. The zero-order valence-corrected chi connectivity index (χ0v) is 8.40. The Hall–Kier alpha value is -1.29. The van der Waals surface area contributed by atoms with Crippen LogP contribution in [0.15, 0.2) is 18.2 Å². The van der Waals surface area contributed by atoms with E-state index in [0.717, 1.165) is 18.7 Å². The number of nitrogens with two attached hydrogens (primary N) is 1. The molecular weight excluding hydrogens is 178 g/mol. The molecule has 4 nitrogen and oxygen atoms in total. The van der Waals surface area contributed by atoms with Gasteiger partial charge < -0.3 is 16.2 Å². The van der Waals surface area contributed by atoms with E-state index in [1.807, 2.05) is 12.1 Å². The summed E-state index contributed by atoms with van der Waals surface area (Å²) < 4.78 is 0. The molecule has 14 heavy (non-hydrogen) atoms. The molecule has 0 saturated carbocycles. The highest BCUT2D eigenvalue weighted by Gasteiger charge is 2.01. The van der Waals surface area contributed by atoms with Crippen LogP contribution in [0.25, 0.3) is 0 Å². The van der Waals surface area contributed by atoms with Crippen LogP contribution < -0.4 is 11.1 Å². The average molecular weight is 195 g/mol. The lowest BCUT2D eigenvalue weighted by molar-refractivity contribution is 0.282. The highest BCUT2D eigenvalue weighted by molar-refractivity contribution is 5.42. The fourth-order valence-electron chi connectivity index (χ4n) is 1.25. The molecule has 0 aliphatic heterocycles. The number of aromatic nitrogens is 1.